The van der Waals surface area contributed by atoms with Gasteiger partial charge in [-0.15, -0.1) is 10.2 Å². The van der Waals surface area contributed by atoms with Gasteiger partial charge in [0.25, 0.3) is 5.62 Å². The van der Waals surface area contributed by atoms with Crippen molar-refractivity contribution in [3.05, 3.63) is 12.3 Å². The lowest BCUT2D eigenvalue weighted by Crippen LogP contribution is -1.85. The molecule has 0 fully saturated rings. The molecule has 0 saturated heterocycles. The average molecular weight is 140 g/mol. The first-order chi connectivity index (χ1) is 4.43. The highest BCUT2D eigenvalue weighted by Crippen LogP contribution is 2.06. The molecule has 5 heteroatoms. The molecule has 0 bridgehead atoms. The Morgan fingerprint density at radius 1 is 1.67 bits per heavy atom. The van der Waals surface area contributed by atoms with Crippen LogP contribution in [0.1, 0.15) is 0 Å². The van der Waals surface area contributed by atoms with Crippen molar-refractivity contribution in [3.63, 3.8) is 0 Å². The van der Waals surface area contributed by atoms with Crippen molar-refractivity contribution in [2.75, 3.05) is 0 Å². The topological polar surface area (TPSA) is 55.7 Å². The fourth-order valence-electron chi connectivity index (χ4n) is 0.327. The molecule has 0 saturated carbocycles. The number of nitrogens with zero attached hydrogens (tertiary/aromatic N) is 3. The van der Waals surface area contributed by atoms with Crippen LogP contribution in [-0.4, -0.2) is 21.0 Å². The number of rotatable bonds is 2. The van der Waals surface area contributed by atoms with Gasteiger partial charge in [0.15, 0.2) is 0 Å². The van der Waals surface area contributed by atoms with Gasteiger partial charge >= 0.3 is 0 Å². The number of carbonyl (C=O) groups excluding carboxylic acids is 1. The molecule has 45 valence electrons. The highest BCUT2D eigenvalue weighted by Gasteiger charge is 1.90. The fourth-order valence-corrected chi connectivity index (χ4v) is 0.619. The van der Waals surface area contributed by atoms with Gasteiger partial charge in [-0.3, -0.25) is 4.79 Å². The van der Waals surface area contributed by atoms with Crippen molar-refractivity contribution in [1.29, 1.82) is 0 Å². The summed E-state index contributed by atoms with van der Waals surface area (Å²) in [5.74, 6) is 0. The summed E-state index contributed by atoms with van der Waals surface area (Å²) in [6, 6.07) is 1.59. The van der Waals surface area contributed by atoms with E-state index in [0.717, 1.165) is 11.8 Å². The van der Waals surface area contributed by atoms with E-state index in [0.29, 0.717) is 5.03 Å². The minimum absolute atomic E-state index is 0.514. The third kappa shape index (κ3) is 1.77. The number of aromatic nitrogens is 3. The lowest BCUT2D eigenvalue weighted by Gasteiger charge is -1.84. The summed E-state index contributed by atoms with van der Waals surface area (Å²) < 4.78 is 0. The van der Waals surface area contributed by atoms with Crippen LogP contribution in [-0.2, 0) is 4.79 Å². The van der Waals surface area contributed by atoms with Crippen molar-refractivity contribution in [2.45, 2.75) is 5.03 Å². The van der Waals surface area contributed by atoms with Gasteiger partial charge < -0.3 is 0 Å². The maximum Gasteiger partial charge on any atom is 0.272 e. The predicted molar refractivity (Wildman–Crippen MR) is 31.4 cm³/mol. The van der Waals surface area contributed by atoms with Gasteiger partial charge in [-0.05, 0) is 23.0 Å². The summed E-state index contributed by atoms with van der Waals surface area (Å²) in [4.78, 5) is 9.72. The Labute approximate surface area is 55.7 Å². The zero-order valence-electron chi connectivity index (χ0n) is 4.31. The number of thioether (sulfide) groups is 1. The summed E-state index contributed by atoms with van der Waals surface area (Å²) in [7, 11) is 0. The highest BCUT2D eigenvalue weighted by molar-refractivity contribution is 8.11. The largest absolute Gasteiger partial charge is 0.277 e. The Morgan fingerprint density at radius 3 is 3.11 bits per heavy atom. The van der Waals surface area contributed by atoms with Gasteiger partial charge in [-0.2, -0.15) is 0 Å². The molecule has 0 spiro atoms. The summed E-state index contributed by atoms with van der Waals surface area (Å²) in [6.45, 7) is 0. The van der Waals surface area contributed by atoms with Crippen molar-refractivity contribution in [3.8, 4) is 0 Å². The Bertz CT molecular complexity index is 190. The third-order valence-electron chi connectivity index (χ3n) is 0.625. The molecule has 4 nitrogen and oxygen atoms in total. The first kappa shape index (κ1) is 6.15. The zero-order chi connectivity index (χ0) is 6.53. The third-order valence-corrected chi connectivity index (χ3v) is 1.14. The molecule has 0 atom stereocenters. The average Bonchev–Trinajstić information content (AvgIpc) is 1.91. The van der Waals surface area contributed by atoms with Crippen molar-refractivity contribution < 1.29 is 4.79 Å². The van der Waals surface area contributed by atoms with E-state index in [1.54, 1.807) is 11.7 Å². The molecule has 1 radical (unpaired) electrons. The van der Waals surface area contributed by atoms with E-state index in [2.05, 4.69) is 15.4 Å². The molecule has 1 heterocycles. The van der Waals surface area contributed by atoms with Gasteiger partial charge in [0.05, 0.1) is 6.20 Å². The molecule has 0 aliphatic carbocycles. The zero-order valence-corrected chi connectivity index (χ0v) is 5.13. The van der Waals surface area contributed by atoms with Gasteiger partial charge in [0.2, 0.25) is 0 Å². The van der Waals surface area contributed by atoms with Crippen LogP contribution in [0.25, 0.3) is 0 Å². The van der Waals surface area contributed by atoms with Crippen LogP contribution in [0.15, 0.2) is 17.3 Å². The lowest BCUT2D eigenvalue weighted by atomic mass is 10.7. The van der Waals surface area contributed by atoms with Crippen molar-refractivity contribution in [2.24, 2.45) is 0 Å². The Balaban J connectivity index is 2.72. The fraction of sp³-hybridized carbons (Fsp3) is 0. The second kappa shape index (κ2) is 3.13. The predicted octanol–water partition coefficient (Wildman–Crippen LogP) is 0.0309. The lowest BCUT2D eigenvalue weighted by molar-refractivity contribution is 0.570. The summed E-state index contributed by atoms with van der Waals surface area (Å²) in [6.07, 6.45) is 1.46. The molecule has 1 rings (SSSR count). The molecule has 1 aromatic heterocycles. The van der Waals surface area contributed by atoms with Gasteiger partial charge in [0, 0.05) is 0 Å². The van der Waals surface area contributed by atoms with Gasteiger partial charge in [-0.25, -0.2) is 0 Å². The summed E-state index contributed by atoms with van der Waals surface area (Å²) in [5.41, 5.74) is 1.62. The second-order valence-corrected chi connectivity index (χ2v) is 1.93. The second-order valence-electron chi connectivity index (χ2n) is 1.14. The number of hydrogen-bond donors (Lipinski definition) is 0. The first-order valence-electron chi connectivity index (χ1n) is 2.12. The highest BCUT2D eigenvalue weighted by atomic mass is 32.2. The van der Waals surface area contributed by atoms with Crippen LogP contribution in [0.2, 0.25) is 0 Å². The molecule has 0 aliphatic rings. The van der Waals surface area contributed by atoms with E-state index in [1.807, 2.05) is 0 Å². The van der Waals surface area contributed by atoms with E-state index < -0.39 is 0 Å². The molecule has 9 heavy (non-hydrogen) atoms. The van der Waals surface area contributed by atoms with Crippen molar-refractivity contribution in [1.82, 2.24) is 15.4 Å². The van der Waals surface area contributed by atoms with Crippen LogP contribution in [0.4, 0.5) is 0 Å². The van der Waals surface area contributed by atoms with Gasteiger partial charge in [-0.1, -0.05) is 0 Å². The van der Waals surface area contributed by atoms with E-state index in [9.17, 15) is 4.79 Å². The van der Waals surface area contributed by atoms with E-state index in [-0.39, 0.29) is 0 Å². The molecule has 0 unspecified atom stereocenters. The molecular weight excluding hydrogens is 138 g/mol. The van der Waals surface area contributed by atoms with Gasteiger partial charge in [0.1, 0.15) is 5.03 Å². The standard InChI is InChI=1S/C4H2N3OS/c8-3-9-4-1-2-5-7-6-4/h1-2H. The Kier molecular flexibility index (Phi) is 2.14. The molecule has 0 amide bonds. The Hall–Kier alpha value is -0.970. The minimum Gasteiger partial charge on any atom is -0.277 e. The maximum atomic E-state index is 9.72. The van der Waals surface area contributed by atoms with E-state index in [4.69, 9.17) is 0 Å². The quantitative estimate of drug-likeness (QED) is 0.542. The molecule has 0 aliphatic heterocycles. The SMILES string of the molecule is O=[C]Sc1ccnnn1. The van der Waals surface area contributed by atoms with Crippen LogP contribution in [0.3, 0.4) is 0 Å². The van der Waals surface area contributed by atoms with Crippen LogP contribution >= 0.6 is 11.8 Å². The van der Waals surface area contributed by atoms with E-state index >= 15 is 0 Å². The summed E-state index contributed by atoms with van der Waals surface area (Å²) in [5, 5.41) is 10.7. The van der Waals surface area contributed by atoms with E-state index in [1.165, 1.54) is 6.20 Å². The molecule has 1 aromatic rings. The molecule has 0 N–H and O–H groups in total. The summed E-state index contributed by atoms with van der Waals surface area (Å²) >= 11 is 0.856. The van der Waals surface area contributed by atoms with Crippen molar-refractivity contribution >= 4 is 17.4 Å². The van der Waals surface area contributed by atoms with Crippen LogP contribution in [0, 0.1) is 0 Å². The smallest absolute Gasteiger partial charge is 0.272 e. The monoisotopic (exact) mass is 140 g/mol. The van der Waals surface area contributed by atoms with Crippen LogP contribution < -0.4 is 0 Å². The maximum absolute atomic E-state index is 9.72. The minimum atomic E-state index is 0.514. The molecular formula is C4H2N3OS. The first-order valence-corrected chi connectivity index (χ1v) is 2.93. The normalized spacial score (nSPS) is 8.89. The Morgan fingerprint density at radius 2 is 2.56 bits per heavy atom. The molecule has 0 aromatic carbocycles. The van der Waals surface area contributed by atoms with Crippen LogP contribution in [0.5, 0.6) is 0 Å². The number of hydrogen-bond acceptors (Lipinski definition) is 5.